The third-order valence-corrected chi connectivity index (χ3v) is 3.82. The van der Waals surface area contributed by atoms with Crippen molar-refractivity contribution in [2.45, 2.75) is 19.9 Å². The van der Waals surface area contributed by atoms with Crippen LogP contribution in [0.2, 0.25) is 5.02 Å². The van der Waals surface area contributed by atoms with Crippen LogP contribution in [-0.2, 0) is 9.59 Å². The van der Waals surface area contributed by atoms with Crippen molar-refractivity contribution in [2.75, 3.05) is 18.9 Å². The first-order chi connectivity index (χ1) is 12.3. The summed E-state index contributed by atoms with van der Waals surface area (Å²) in [6, 6.07) is 7.26. The predicted molar refractivity (Wildman–Crippen MR) is 95.9 cm³/mol. The zero-order chi connectivity index (χ0) is 19.3. The number of nitrogens with zero attached hydrogens (tertiary/aromatic N) is 2. The molecule has 9 heteroatoms. The van der Waals surface area contributed by atoms with Crippen molar-refractivity contribution in [3.8, 4) is 0 Å². The standard InChI is InChI=1S/C17H19ClN4O4/c1-10-8-14(21-26-10)20-15(23)9-22(3)17(25)11(2)19-16(24)12-6-4-5-7-13(12)18/h4-8,11H,9H2,1-3H3,(H,19,24)(H,20,21,23)/t11-/m0/s1. The van der Waals surface area contributed by atoms with E-state index < -0.39 is 23.8 Å². The molecule has 0 spiro atoms. The molecule has 0 bridgehead atoms. The molecule has 0 saturated carbocycles. The average molecular weight is 379 g/mol. The van der Waals surface area contributed by atoms with Crippen molar-refractivity contribution in [1.82, 2.24) is 15.4 Å². The molecule has 0 radical (unpaired) electrons. The number of anilines is 1. The van der Waals surface area contributed by atoms with Crippen LogP contribution in [-0.4, -0.2) is 47.4 Å². The number of amides is 3. The maximum Gasteiger partial charge on any atom is 0.253 e. The van der Waals surface area contributed by atoms with Gasteiger partial charge in [0.05, 0.1) is 17.1 Å². The Morgan fingerprint density at radius 1 is 1.31 bits per heavy atom. The van der Waals surface area contributed by atoms with E-state index in [2.05, 4.69) is 15.8 Å². The van der Waals surface area contributed by atoms with Gasteiger partial charge in [-0.1, -0.05) is 28.9 Å². The average Bonchev–Trinajstić information content (AvgIpc) is 2.98. The fourth-order valence-corrected chi connectivity index (χ4v) is 2.43. The lowest BCUT2D eigenvalue weighted by molar-refractivity contribution is -0.134. The van der Waals surface area contributed by atoms with Crippen LogP contribution in [0.5, 0.6) is 0 Å². The Labute approximate surface area is 155 Å². The lowest BCUT2D eigenvalue weighted by Crippen LogP contribution is -2.47. The number of hydrogen-bond donors (Lipinski definition) is 2. The summed E-state index contributed by atoms with van der Waals surface area (Å²) in [4.78, 5) is 37.7. The van der Waals surface area contributed by atoms with E-state index >= 15 is 0 Å². The zero-order valence-corrected chi connectivity index (χ0v) is 15.3. The van der Waals surface area contributed by atoms with Gasteiger partial charge >= 0.3 is 0 Å². The van der Waals surface area contributed by atoms with Gasteiger partial charge in [-0.25, -0.2) is 0 Å². The molecule has 138 valence electrons. The third kappa shape index (κ3) is 5.06. The number of aromatic nitrogens is 1. The molecular weight excluding hydrogens is 360 g/mol. The molecule has 2 N–H and O–H groups in total. The van der Waals surface area contributed by atoms with E-state index in [1.807, 2.05) is 0 Å². The van der Waals surface area contributed by atoms with E-state index in [-0.39, 0.29) is 17.9 Å². The second-order valence-corrected chi connectivity index (χ2v) is 6.15. The Morgan fingerprint density at radius 2 is 2.00 bits per heavy atom. The first kappa shape index (κ1) is 19.5. The number of rotatable bonds is 6. The highest BCUT2D eigenvalue weighted by atomic mass is 35.5. The van der Waals surface area contributed by atoms with Crippen LogP contribution in [0, 0.1) is 6.92 Å². The van der Waals surface area contributed by atoms with E-state index in [0.717, 1.165) is 0 Å². The molecule has 0 saturated heterocycles. The summed E-state index contributed by atoms with van der Waals surface area (Å²) < 4.78 is 4.85. The molecular formula is C17H19ClN4O4. The number of hydrogen-bond acceptors (Lipinski definition) is 5. The maximum absolute atomic E-state index is 12.4. The largest absolute Gasteiger partial charge is 0.360 e. The van der Waals surface area contributed by atoms with E-state index in [1.165, 1.54) is 18.9 Å². The molecule has 1 atom stereocenters. The summed E-state index contributed by atoms with van der Waals surface area (Å²) in [5.74, 6) is -0.489. The number of nitrogens with one attached hydrogen (secondary N) is 2. The molecule has 1 aromatic carbocycles. The van der Waals surface area contributed by atoms with Gasteiger partial charge in [0.2, 0.25) is 11.8 Å². The van der Waals surface area contributed by atoms with Crippen molar-refractivity contribution < 1.29 is 18.9 Å². The first-order valence-corrected chi connectivity index (χ1v) is 8.19. The van der Waals surface area contributed by atoms with Gasteiger partial charge in [-0.15, -0.1) is 0 Å². The lowest BCUT2D eigenvalue weighted by Gasteiger charge is -2.21. The highest BCUT2D eigenvalue weighted by Crippen LogP contribution is 2.14. The third-order valence-electron chi connectivity index (χ3n) is 3.49. The number of benzene rings is 1. The Bertz CT molecular complexity index is 821. The smallest absolute Gasteiger partial charge is 0.253 e. The molecule has 3 amide bonds. The molecule has 2 rings (SSSR count). The highest BCUT2D eigenvalue weighted by molar-refractivity contribution is 6.33. The quantitative estimate of drug-likeness (QED) is 0.798. The number of aryl methyl sites for hydroxylation is 1. The van der Waals surface area contributed by atoms with E-state index in [4.69, 9.17) is 16.1 Å². The van der Waals surface area contributed by atoms with Crippen LogP contribution in [0.15, 0.2) is 34.9 Å². The molecule has 26 heavy (non-hydrogen) atoms. The second kappa shape index (κ2) is 8.48. The fourth-order valence-electron chi connectivity index (χ4n) is 2.21. The van der Waals surface area contributed by atoms with Gasteiger partial charge in [0, 0.05) is 13.1 Å². The molecule has 0 aliphatic heterocycles. The number of halogens is 1. The molecule has 0 fully saturated rings. The molecule has 1 aromatic heterocycles. The van der Waals surface area contributed by atoms with Gasteiger partial charge in [-0.3, -0.25) is 14.4 Å². The van der Waals surface area contributed by atoms with Crippen molar-refractivity contribution >= 4 is 35.1 Å². The van der Waals surface area contributed by atoms with Crippen LogP contribution in [0.25, 0.3) is 0 Å². The summed E-state index contributed by atoms with van der Waals surface area (Å²) in [6.45, 7) is 3.03. The Kier molecular flexibility index (Phi) is 6.35. The summed E-state index contributed by atoms with van der Waals surface area (Å²) >= 11 is 5.97. The van der Waals surface area contributed by atoms with Gasteiger partial charge < -0.3 is 20.1 Å². The lowest BCUT2D eigenvalue weighted by atomic mass is 10.2. The van der Waals surface area contributed by atoms with Crippen LogP contribution in [0.3, 0.4) is 0 Å². The van der Waals surface area contributed by atoms with Crippen molar-refractivity contribution in [1.29, 1.82) is 0 Å². The van der Waals surface area contributed by atoms with Gasteiger partial charge in [-0.2, -0.15) is 0 Å². The van der Waals surface area contributed by atoms with Crippen LogP contribution >= 0.6 is 11.6 Å². The van der Waals surface area contributed by atoms with Gasteiger partial charge in [0.15, 0.2) is 5.82 Å². The van der Waals surface area contributed by atoms with E-state index in [0.29, 0.717) is 10.8 Å². The summed E-state index contributed by atoms with van der Waals surface area (Å²) in [5.41, 5.74) is 0.274. The molecule has 8 nitrogen and oxygen atoms in total. The molecule has 2 aromatic rings. The predicted octanol–water partition coefficient (Wildman–Crippen LogP) is 1.85. The minimum absolute atomic E-state index is 0.197. The minimum atomic E-state index is -0.828. The fraction of sp³-hybridized carbons (Fsp3) is 0.294. The maximum atomic E-state index is 12.4. The normalized spacial score (nSPS) is 11.5. The molecule has 1 heterocycles. The van der Waals surface area contributed by atoms with Gasteiger partial charge in [-0.05, 0) is 26.0 Å². The summed E-state index contributed by atoms with van der Waals surface area (Å²) in [6.07, 6.45) is 0. The molecule has 0 aliphatic rings. The Balaban J connectivity index is 1.89. The van der Waals surface area contributed by atoms with Crippen LogP contribution < -0.4 is 10.6 Å². The first-order valence-electron chi connectivity index (χ1n) is 7.81. The Hall–Kier alpha value is -2.87. The monoisotopic (exact) mass is 378 g/mol. The summed E-state index contributed by atoms with van der Waals surface area (Å²) in [7, 11) is 1.47. The number of carbonyl (C=O) groups excluding carboxylic acids is 3. The van der Waals surface area contributed by atoms with E-state index in [9.17, 15) is 14.4 Å². The zero-order valence-electron chi connectivity index (χ0n) is 14.6. The van der Waals surface area contributed by atoms with Crippen molar-refractivity contribution in [3.05, 3.63) is 46.7 Å². The van der Waals surface area contributed by atoms with Gasteiger partial charge in [0.1, 0.15) is 11.8 Å². The molecule has 0 aliphatic carbocycles. The highest BCUT2D eigenvalue weighted by Gasteiger charge is 2.22. The number of likely N-dealkylation sites (N-methyl/N-ethyl adjacent to an activating group) is 1. The van der Waals surface area contributed by atoms with Crippen molar-refractivity contribution in [2.24, 2.45) is 0 Å². The van der Waals surface area contributed by atoms with E-state index in [1.54, 1.807) is 37.3 Å². The molecule has 0 unspecified atom stereocenters. The van der Waals surface area contributed by atoms with Crippen LogP contribution in [0.1, 0.15) is 23.0 Å². The topological polar surface area (TPSA) is 105 Å². The minimum Gasteiger partial charge on any atom is -0.360 e. The SMILES string of the molecule is Cc1cc(NC(=O)CN(C)C(=O)[C@H](C)NC(=O)c2ccccc2Cl)no1. The van der Waals surface area contributed by atoms with Gasteiger partial charge in [0.25, 0.3) is 5.91 Å². The Morgan fingerprint density at radius 3 is 2.62 bits per heavy atom. The number of carbonyl (C=O) groups is 3. The second-order valence-electron chi connectivity index (χ2n) is 5.74. The van der Waals surface area contributed by atoms with Crippen molar-refractivity contribution in [3.63, 3.8) is 0 Å². The summed E-state index contributed by atoms with van der Waals surface area (Å²) in [5, 5.41) is 9.03. The van der Waals surface area contributed by atoms with Crippen LogP contribution in [0.4, 0.5) is 5.82 Å².